The van der Waals surface area contributed by atoms with Crippen molar-refractivity contribution in [1.29, 1.82) is 0 Å². The third kappa shape index (κ3) is 4.02. The fraction of sp³-hybridized carbons (Fsp3) is 0.278. The van der Waals surface area contributed by atoms with E-state index < -0.39 is 17.5 Å². The predicted octanol–water partition coefficient (Wildman–Crippen LogP) is 2.00. The molecule has 1 N–H and O–H groups in total. The summed E-state index contributed by atoms with van der Waals surface area (Å²) < 4.78 is 26.2. The molecule has 0 saturated carbocycles. The minimum Gasteiger partial charge on any atom is -0.335 e. The third-order valence-corrected chi connectivity index (χ3v) is 4.17. The summed E-state index contributed by atoms with van der Waals surface area (Å²) in [5.41, 5.74) is 0.300. The number of piperazine rings is 1. The first kappa shape index (κ1) is 17.9. The molecule has 1 aromatic heterocycles. The number of halogens is 2. The zero-order chi connectivity index (χ0) is 18.7. The molecule has 1 saturated heterocycles. The second kappa shape index (κ2) is 7.57. The van der Waals surface area contributed by atoms with Crippen LogP contribution >= 0.6 is 0 Å². The summed E-state index contributed by atoms with van der Waals surface area (Å²) in [7, 11) is 1.99. The summed E-state index contributed by atoms with van der Waals surface area (Å²) in [5, 5.41) is 2.44. The largest absolute Gasteiger partial charge is 0.335 e. The fourth-order valence-electron chi connectivity index (χ4n) is 2.62. The Morgan fingerprint density at radius 3 is 2.38 bits per heavy atom. The molecule has 6 nitrogen and oxygen atoms in total. The molecule has 2 aromatic rings. The van der Waals surface area contributed by atoms with Crippen LogP contribution in [-0.2, 0) is 0 Å². The van der Waals surface area contributed by atoms with Crippen LogP contribution in [0, 0.1) is 11.6 Å². The molecule has 26 heavy (non-hydrogen) atoms. The van der Waals surface area contributed by atoms with Crippen molar-refractivity contribution >= 4 is 17.5 Å². The molecule has 2 amide bonds. The number of carbonyl (C=O) groups is 2. The van der Waals surface area contributed by atoms with E-state index in [-0.39, 0.29) is 23.0 Å². The van der Waals surface area contributed by atoms with E-state index in [2.05, 4.69) is 15.2 Å². The van der Waals surface area contributed by atoms with Crippen molar-refractivity contribution < 1.29 is 18.4 Å². The SMILES string of the molecule is CN1CCN(C(=O)c2cccc(C(=O)Nc3ccc(F)c(F)c3)n2)CC1. The van der Waals surface area contributed by atoms with Crippen LogP contribution in [0.15, 0.2) is 36.4 Å². The minimum atomic E-state index is -1.06. The second-order valence-corrected chi connectivity index (χ2v) is 6.09. The van der Waals surface area contributed by atoms with Gasteiger partial charge in [-0.2, -0.15) is 0 Å². The molecule has 136 valence electrons. The van der Waals surface area contributed by atoms with E-state index in [1.807, 2.05) is 7.05 Å². The average Bonchev–Trinajstić information content (AvgIpc) is 2.65. The van der Waals surface area contributed by atoms with E-state index in [1.165, 1.54) is 12.1 Å². The summed E-state index contributed by atoms with van der Waals surface area (Å²) >= 11 is 0. The van der Waals surface area contributed by atoms with Crippen molar-refractivity contribution in [2.45, 2.75) is 0 Å². The van der Waals surface area contributed by atoms with Crippen molar-refractivity contribution in [1.82, 2.24) is 14.8 Å². The molecule has 0 unspecified atom stereocenters. The molecule has 1 aliphatic rings. The van der Waals surface area contributed by atoms with E-state index in [4.69, 9.17) is 0 Å². The molecule has 1 fully saturated rings. The van der Waals surface area contributed by atoms with Gasteiger partial charge in [-0.1, -0.05) is 6.07 Å². The van der Waals surface area contributed by atoms with Crippen LogP contribution in [0.2, 0.25) is 0 Å². The van der Waals surface area contributed by atoms with Crippen LogP contribution in [0.1, 0.15) is 21.0 Å². The van der Waals surface area contributed by atoms with E-state index >= 15 is 0 Å². The van der Waals surface area contributed by atoms with Gasteiger partial charge in [-0.15, -0.1) is 0 Å². The lowest BCUT2D eigenvalue weighted by Gasteiger charge is -2.32. The topological polar surface area (TPSA) is 65.5 Å². The summed E-state index contributed by atoms with van der Waals surface area (Å²) in [5.74, 6) is -2.90. The summed E-state index contributed by atoms with van der Waals surface area (Å²) in [4.78, 5) is 32.8. The lowest BCUT2D eigenvalue weighted by atomic mass is 10.2. The lowest BCUT2D eigenvalue weighted by molar-refractivity contribution is 0.0658. The molecular formula is C18H18F2N4O2. The highest BCUT2D eigenvalue weighted by Gasteiger charge is 2.22. The Hall–Kier alpha value is -2.87. The normalized spacial score (nSPS) is 15.0. The number of nitrogens with one attached hydrogen (secondary N) is 1. The number of rotatable bonds is 3. The van der Waals surface area contributed by atoms with Gasteiger partial charge < -0.3 is 15.1 Å². The van der Waals surface area contributed by atoms with Crippen molar-refractivity contribution in [3.8, 4) is 0 Å². The minimum absolute atomic E-state index is 0.0229. The first-order valence-electron chi connectivity index (χ1n) is 8.15. The molecule has 0 bridgehead atoms. The number of aromatic nitrogens is 1. The summed E-state index contributed by atoms with van der Waals surface area (Å²) in [6.45, 7) is 2.76. The van der Waals surface area contributed by atoms with Gasteiger partial charge in [0.25, 0.3) is 11.8 Å². The molecule has 1 aliphatic heterocycles. The highest BCUT2D eigenvalue weighted by Crippen LogP contribution is 2.14. The van der Waals surface area contributed by atoms with Crippen LogP contribution in [-0.4, -0.2) is 59.8 Å². The Morgan fingerprint density at radius 2 is 1.69 bits per heavy atom. The molecule has 2 heterocycles. The van der Waals surface area contributed by atoms with Gasteiger partial charge in [-0.05, 0) is 31.3 Å². The number of hydrogen-bond donors (Lipinski definition) is 1. The van der Waals surface area contributed by atoms with Gasteiger partial charge in [0.1, 0.15) is 11.4 Å². The number of pyridine rings is 1. The van der Waals surface area contributed by atoms with Crippen LogP contribution < -0.4 is 5.32 Å². The smallest absolute Gasteiger partial charge is 0.274 e. The van der Waals surface area contributed by atoms with Crippen LogP contribution in [0.4, 0.5) is 14.5 Å². The third-order valence-electron chi connectivity index (χ3n) is 4.17. The monoisotopic (exact) mass is 360 g/mol. The number of likely N-dealkylation sites (N-methyl/N-ethyl adjacent to an activating group) is 1. The average molecular weight is 360 g/mol. The first-order valence-corrected chi connectivity index (χ1v) is 8.15. The number of nitrogens with zero attached hydrogens (tertiary/aromatic N) is 3. The second-order valence-electron chi connectivity index (χ2n) is 6.09. The molecule has 0 aliphatic carbocycles. The zero-order valence-electron chi connectivity index (χ0n) is 14.2. The molecule has 3 rings (SSSR count). The van der Waals surface area contributed by atoms with Gasteiger partial charge >= 0.3 is 0 Å². The van der Waals surface area contributed by atoms with Crippen molar-refractivity contribution in [3.05, 3.63) is 59.4 Å². The number of hydrogen-bond acceptors (Lipinski definition) is 4. The standard InChI is InChI=1S/C18H18F2N4O2/c1-23-7-9-24(10-8-23)18(26)16-4-2-3-15(22-16)17(25)21-12-5-6-13(19)14(20)11-12/h2-6,11H,7-10H2,1H3,(H,21,25). The maximum Gasteiger partial charge on any atom is 0.274 e. The highest BCUT2D eigenvalue weighted by atomic mass is 19.2. The Kier molecular flexibility index (Phi) is 5.22. The van der Waals surface area contributed by atoms with Crippen LogP contribution in [0.3, 0.4) is 0 Å². The van der Waals surface area contributed by atoms with Crippen LogP contribution in [0.25, 0.3) is 0 Å². The lowest BCUT2D eigenvalue weighted by Crippen LogP contribution is -2.47. The Bertz CT molecular complexity index is 836. The van der Waals surface area contributed by atoms with Gasteiger partial charge in [0.2, 0.25) is 0 Å². The maximum absolute atomic E-state index is 13.2. The quantitative estimate of drug-likeness (QED) is 0.909. The maximum atomic E-state index is 13.2. The number of carbonyl (C=O) groups excluding carboxylic acids is 2. The Morgan fingerprint density at radius 1 is 1.00 bits per heavy atom. The number of benzene rings is 1. The summed E-state index contributed by atoms with van der Waals surface area (Å²) in [6, 6.07) is 7.62. The van der Waals surface area contributed by atoms with Gasteiger partial charge in [-0.25, -0.2) is 13.8 Å². The van der Waals surface area contributed by atoms with Crippen molar-refractivity contribution in [3.63, 3.8) is 0 Å². The van der Waals surface area contributed by atoms with E-state index in [0.717, 1.165) is 25.2 Å². The van der Waals surface area contributed by atoms with E-state index in [1.54, 1.807) is 17.0 Å². The molecular weight excluding hydrogens is 342 g/mol. The first-order chi connectivity index (χ1) is 12.4. The molecule has 0 spiro atoms. The van der Waals surface area contributed by atoms with Gasteiger partial charge in [0.15, 0.2) is 11.6 Å². The van der Waals surface area contributed by atoms with Gasteiger partial charge in [0.05, 0.1) is 0 Å². The summed E-state index contributed by atoms with van der Waals surface area (Å²) in [6.07, 6.45) is 0. The number of anilines is 1. The van der Waals surface area contributed by atoms with E-state index in [0.29, 0.717) is 13.1 Å². The van der Waals surface area contributed by atoms with Gasteiger partial charge in [-0.3, -0.25) is 9.59 Å². The van der Waals surface area contributed by atoms with Gasteiger partial charge in [0, 0.05) is 37.9 Å². The fourth-order valence-corrected chi connectivity index (χ4v) is 2.62. The Balaban J connectivity index is 1.72. The zero-order valence-corrected chi connectivity index (χ0v) is 14.2. The molecule has 1 aromatic carbocycles. The van der Waals surface area contributed by atoms with Crippen LogP contribution in [0.5, 0.6) is 0 Å². The molecule has 8 heteroatoms. The van der Waals surface area contributed by atoms with Crippen molar-refractivity contribution in [2.75, 3.05) is 38.5 Å². The molecule has 0 radical (unpaired) electrons. The highest BCUT2D eigenvalue weighted by molar-refractivity contribution is 6.03. The number of amides is 2. The molecule has 0 atom stereocenters. The van der Waals surface area contributed by atoms with Crippen molar-refractivity contribution in [2.24, 2.45) is 0 Å². The Labute approximate surface area is 149 Å². The van der Waals surface area contributed by atoms with E-state index in [9.17, 15) is 18.4 Å². The predicted molar refractivity (Wildman–Crippen MR) is 91.9 cm³/mol.